The van der Waals surface area contributed by atoms with E-state index in [9.17, 15) is 14.4 Å². The van der Waals surface area contributed by atoms with Crippen molar-refractivity contribution in [3.05, 3.63) is 29.5 Å². The Labute approximate surface area is 165 Å². The molecule has 0 saturated heterocycles. The number of hydrogen-bond donors (Lipinski definition) is 0. The Morgan fingerprint density at radius 2 is 1.82 bits per heavy atom. The van der Waals surface area contributed by atoms with E-state index < -0.39 is 11.7 Å². The highest BCUT2D eigenvalue weighted by Crippen LogP contribution is 2.30. The van der Waals surface area contributed by atoms with Crippen LogP contribution in [0.1, 0.15) is 87.1 Å². The molecule has 1 aromatic carbocycles. The number of rotatable bonds is 4. The maximum absolute atomic E-state index is 13.1. The van der Waals surface area contributed by atoms with Gasteiger partial charge in [-0.2, -0.15) is 9.78 Å². The zero-order valence-corrected chi connectivity index (χ0v) is 17.1. The average Bonchev–Trinajstić information content (AvgIpc) is 3.05. The Bertz CT molecular complexity index is 914. The number of ether oxygens (including phenoxy) is 1. The van der Waals surface area contributed by atoms with Gasteiger partial charge in [0.1, 0.15) is 11.3 Å². The van der Waals surface area contributed by atoms with Crippen LogP contribution in [-0.2, 0) is 4.74 Å². The van der Waals surface area contributed by atoms with Gasteiger partial charge in [-0.25, -0.2) is 4.79 Å². The first kappa shape index (κ1) is 20.2. The SMILES string of the molecule is CCC(=O)c1ccc2c(C(=O)C3CCCCC3)nn(C(=O)OC(C)(C)C)c2c1. The maximum Gasteiger partial charge on any atom is 0.435 e. The van der Waals surface area contributed by atoms with Crippen molar-refractivity contribution in [3.8, 4) is 0 Å². The van der Waals surface area contributed by atoms with E-state index in [1.165, 1.54) is 0 Å². The molecule has 6 nitrogen and oxygen atoms in total. The summed E-state index contributed by atoms with van der Waals surface area (Å²) in [6.07, 6.45) is 4.64. The average molecular weight is 384 g/mol. The Morgan fingerprint density at radius 3 is 2.43 bits per heavy atom. The summed E-state index contributed by atoms with van der Waals surface area (Å²) in [5, 5.41) is 4.95. The third-order valence-electron chi connectivity index (χ3n) is 5.10. The second kappa shape index (κ2) is 7.86. The number of aromatic nitrogens is 2. The van der Waals surface area contributed by atoms with Gasteiger partial charge in [0.25, 0.3) is 0 Å². The van der Waals surface area contributed by atoms with Crippen LogP contribution >= 0.6 is 0 Å². The molecule has 150 valence electrons. The number of benzene rings is 1. The first-order valence-corrected chi connectivity index (χ1v) is 10.0. The van der Waals surface area contributed by atoms with Crippen LogP contribution in [0.4, 0.5) is 4.79 Å². The van der Waals surface area contributed by atoms with E-state index in [1.807, 2.05) is 0 Å². The summed E-state index contributed by atoms with van der Waals surface area (Å²) < 4.78 is 6.59. The van der Waals surface area contributed by atoms with Gasteiger partial charge in [0.05, 0.1) is 5.52 Å². The van der Waals surface area contributed by atoms with Crippen LogP contribution in [0.25, 0.3) is 10.9 Å². The van der Waals surface area contributed by atoms with Crippen LogP contribution in [0, 0.1) is 5.92 Å². The smallest absolute Gasteiger partial charge is 0.435 e. The number of carbonyl (C=O) groups is 3. The van der Waals surface area contributed by atoms with Gasteiger partial charge in [0, 0.05) is 23.3 Å². The third kappa shape index (κ3) is 4.16. The van der Waals surface area contributed by atoms with E-state index in [-0.39, 0.29) is 17.5 Å². The number of fused-ring (bicyclic) bond motifs is 1. The maximum atomic E-state index is 13.1. The Kier molecular flexibility index (Phi) is 5.68. The molecule has 1 heterocycles. The summed E-state index contributed by atoms with van der Waals surface area (Å²) in [7, 11) is 0. The van der Waals surface area contributed by atoms with Crippen molar-refractivity contribution in [2.24, 2.45) is 5.92 Å². The fourth-order valence-electron chi connectivity index (χ4n) is 3.68. The molecular weight excluding hydrogens is 356 g/mol. The molecule has 1 saturated carbocycles. The lowest BCUT2D eigenvalue weighted by Gasteiger charge is -2.19. The van der Waals surface area contributed by atoms with E-state index in [1.54, 1.807) is 45.9 Å². The minimum absolute atomic E-state index is 0.0263. The molecule has 0 spiro atoms. The summed E-state index contributed by atoms with van der Waals surface area (Å²) in [6, 6.07) is 5.06. The first-order chi connectivity index (χ1) is 13.2. The molecule has 0 bridgehead atoms. The summed E-state index contributed by atoms with van der Waals surface area (Å²) >= 11 is 0. The quantitative estimate of drug-likeness (QED) is 0.679. The van der Waals surface area contributed by atoms with Crippen LogP contribution in [0.5, 0.6) is 0 Å². The first-order valence-electron chi connectivity index (χ1n) is 10.0. The Balaban J connectivity index is 2.10. The van der Waals surface area contributed by atoms with Crippen LogP contribution in [0.3, 0.4) is 0 Å². The van der Waals surface area contributed by atoms with E-state index in [2.05, 4.69) is 5.10 Å². The van der Waals surface area contributed by atoms with Gasteiger partial charge in [-0.3, -0.25) is 9.59 Å². The van der Waals surface area contributed by atoms with Crippen molar-refractivity contribution in [1.82, 2.24) is 9.78 Å². The highest BCUT2D eigenvalue weighted by Gasteiger charge is 2.29. The van der Waals surface area contributed by atoms with Crippen molar-refractivity contribution in [1.29, 1.82) is 0 Å². The monoisotopic (exact) mass is 384 g/mol. The van der Waals surface area contributed by atoms with Crippen molar-refractivity contribution in [3.63, 3.8) is 0 Å². The van der Waals surface area contributed by atoms with Gasteiger partial charge in [0.15, 0.2) is 11.6 Å². The van der Waals surface area contributed by atoms with Crippen LogP contribution < -0.4 is 0 Å². The van der Waals surface area contributed by atoms with Gasteiger partial charge < -0.3 is 4.74 Å². The highest BCUT2D eigenvalue weighted by atomic mass is 16.6. The third-order valence-corrected chi connectivity index (χ3v) is 5.10. The molecular formula is C22H28N2O4. The molecule has 0 N–H and O–H groups in total. The molecule has 1 aliphatic carbocycles. The molecule has 1 fully saturated rings. The van der Waals surface area contributed by atoms with E-state index in [0.717, 1.165) is 36.8 Å². The van der Waals surface area contributed by atoms with Gasteiger partial charge in [-0.05, 0) is 45.7 Å². The largest absolute Gasteiger partial charge is 0.442 e. The minimum atomic E-state index is -0.695. The predicted octanol–water partition coefficient (Wildman–Crippen LogP) is 5.18. The van der Waals surface area contributed by atoms with Crippen molar-refractivity contribution in [2.75, 3.05) is 0 Å². The number of ketones is 2. The molecule has 6 heteroatoms. The molecule has 0 unspecified atom stereocenters. The lowest BCUT2D eigenvalue weighted by molar-refractivity contribution is 0.0521. The molecule has 0 aliphatic heterocycles. The molecule has 28 heavy (non-hydrogen) atoms. The molecule has 1 aliphatic rings. The van der Waals surface area contributed by atoms with Crippen molar-refractivity contribution >= 4 is 28.6 Å². The summed E-state index contributed by atoms with van der Waals surface area (Å²) in [5.41, 5.74) is 0.534. The molecule has 0 atom stereocenters. The topological polar surface area (TPSA) is 78.3 Å². The van der Waals surface area contributed by atoms with Gasteiger partial charge >= 0.3 is 6.09 Å². The van der Waals surface area contributed by atoms with Crippen LogP contribution in [0.15, 0.2) is 18.2 Å². The molecule has 1 aromatic heterocycles. The summed E-state index contributed by atoms with van der Waals surface area (Å²) in [6.45, 7) is 7.11. The zero-order chi connectivity index (χ0) is 20.5. The van der Waals surface area contributed by atoms with E-state index in [4.69, 9.17) is 4.74 Å². The summed E-state index contributed by atoms with van der Waals surface area (Å²) in [4.78, 5) is 38.0. The number of hydrogen-bond acceptors (Lipinski definition) is 5. The fraction of sp³-hybridized carbons (Fsp3) is 0.545. The number of carbonyl (C=O) groups excluding carboxylic acids is 3. The lowest BCUT2D eigenvalue weighted by atomic mass is 9.84. The summed E-state index contributed by atoms with van der Waals surface area (Å²) in [5.74, 6) is -0.114. The normalized spacial score (nSPS) is 15.6. The molecule has 2 aromatic rings. The minimum Gasteiger partial charge on any atom is -0.442 e. The Hall–Kier alpha value is -2.50. The number of nitrogens with zero attached hydrogens (tertiary/aromatic N) is 2. The predicted molar refractivity (Wildman–Crippen MR) is 107 cm³/mol. The zero-order valence-electron chi connectivity index (χ0n) is 17.1. The number of Topliss-reactive ketones (excluding diaryl/α,β-unsaturated/α-hetero) is 2. The fourth-order valence-corrected chi connectivity index (χ4v) is 3.68. The van der Waals surface area contributed by atoms with Gasteiger partial charge in [-0.1, -0.05) is 32.3 Å². The molecule has 3 rings (SSSR count). The lowest BCUT2D eigenvalue weighted by Crippen LogP contribution is -2.28. The van der Waals surface area contributed by atoms with Crippen LogP contribution in [-0.4, -0.2) is 33.0 Å². The highest BCUT2D eigenvalue weighted by molar-refractivity contribution is 6.10. The standard InChI is InChI=1S/C22H28N2O4/c1-5-18(25)15-11-12-16-17(13-15)24(21(27)28-22(2,3)4)23-19(16)20(26)14-9-7-6-8-10-14/h11-14H,5-10H2,1-4H3. The van der Waals surface area contributed by atoms with Crippen molar-refractivity contribution in [2.45, 2.75) is 71.8 Å². The Morgan fingerprint density at radius 1 is 1.14 bits per heavy atom. The van der Waals surface area contributed by atoms with Crippen molar-refractivity contribution < 1.29 is 19.1 Å². The van der Waals surface area contributed by atoms with Gasteiger partial charge in [0.2, 0.25) is 0 Å². The van der Waals surface area contributed by atoms with Crippen LogP contribution in [0.2, 0.25) is 0 Å². The van der Waals surface area contributed by atoms with E-state index >= 15 is 0 Å². The van der Waals surface area contributed by atoms with E-state index in [0.29, 0.717) is 28.6 Å². The molecule has 0 amide bonds. The molecule has 0 radical (unpaired) electrons. The second-order valence-electron chi connectivity index (χ2n) is 8.45. The second-order valence-corrected chi connectivity index (χ2v) is 8.45. The van der Waals surface area contributed by atoms with Gasteiger partial charge in [-0.15, -0.1) is 0 Å².